The molecule has 2 aromatic heterocycles. The predicted octanol–water partition coefficient (Wildman–Crippen LogP) is 4.05. The Morgan fingerprint density at radius 3 is 2.70 bits per heavy atom. The number of ether oxygens (including phenoxy) is 1. The van der Waals surface area contributed by atoms with E-state index >= 15 is 0 Å². The van der Waals surface area contributed by atoms with Crippen molar-refractivity contribution in [3.05, 3.63) is 82.2 Å². The number of alkyl halides is 3. The summed E-state index contributed by atoms with van der Waals surface area (Å²) in [5, 5.41) is 0.287. The number of hydrogen-bond donors (Lipinski definition) is 0. The second-order valence-electron chi connectivity index (χ2n) is 6.71. The molecule has 0 radical (unpaired) electrons. The van der Waals surface area contributed by atoms with E-state index in [2.05, 4.69) is 18.1 Å². The van der Waals surface area contributed by atoms with E-state index in [1.54, 1.807) is 12.1 Å². The van der Waals surface area contributed by atoms with Crippen molar-refractivity contribution in [2.75, 3.05) is 7.11 Å². The van der Waals surface area contributed by atoms with Crippen molar-refractivity contribution < 1.29 is 22.5 Å². The largest absolute Gasteiger partial charge is 0.465 e. The second kappa shape index (κ2) is 8.47. The molecule has 30 heavy (non-hydrogen) atoms. The van der Waals surface area contributed by atoms with Gasteiger partial charge in [0.1, 0.15) is 11.2 Å². The van der Waals surface area contributed by atoms with Gasteiger partial charge in [0.25, 0.3) is 11.7 Å². The molecule has 3 heterocycles. The van der Waals surface area contributed by atoms with E-state index in [0.717, 1.165) is 4.57 Å². The number of pyridine rings is 1. The maximum Gasteiger partial charge on any atom is 0.426 e. The molecule has 0 aliphatic carbocycles. The Labute approximate surface area is 176 Å². The van der Waals surface area contributed by atoms with Gasteiger partial charge < -0.3 is 4.74 Å². The molecule has 1 unspecified atom stereocenters. The van der Waals surface area contributed by atoms with Crippen LogP contribution in [-0.4, -0.2) is 22.8 Å². The number of allylic oxidation sites excluding steroid dienone is 4. The van der Waals surface area contributed by atoms with Crippen LogP contribution < -0.4 is 14.9 Å². The highest BCUT2D eigenvalue weighted by Crippen LogP contribution is 2.32. The van der Waals surface area contributed by atoms with E-state index in [9.17, 15) is 18.0 Å². The molecule has 2 aromatic rings. The lowest BCUT2D eigenvalue weighted by molar-refractivity contribution is -0.733. The van der Waals surface area contributed by atoms with Crippen molar-refractivity contribution in [2.24, 2.45) is 0 Å². The highest BCUT2D eigenvalue weighted by atomic mass is 35.5. The summed E-state index contributed by atoms with van der Waals surface area (Å²) < 4.78 is 48.0. The van der Waals surface area contributed by atoms with Gasteiger partial charge in [-0.2, -0.15) is 22.3 Å². The molecule has 5 nitrogen and oxygen atoms in total. The maximum atomic E-state index is 13.5. The van der Waals surface area contributed by atoms with E-state index in [0.29, 0.717) is 17.6 Å². The van der Waals surface area contributed by atoms with E-state index in [1.165, 1.54) is 36.1 Å². The van der Waals surface area contributed by atoms with E-state index in [-0.39, 0.29) is 28.8 Å². The van der Waals surface area contributed by atoms with Crippen molar-refractivity contribution >= 4 is 17.2 Å². The van der Waals surface area contributed by atoms with Crippen molar-refractivity contribution in [2.45, 2.75) is 31.6 Å². The summed E-state index contributed by atoms with van der Waals surface area (Å²) in [6.45, 7) is 6.00. The zero-order valence-electron chi connectivity index (χ0n) is 16.2. The molecule has 158 valence electrons. The quantitative estimate of drug-likeness (QED) is 0.388. The molecule has 9 heteroatoms. The van der Waals surface area contributed by atoms with Crippen LogP contribution in [0, 0.1) is 0 Å². The third kappa shape index (κ3) is 4.05. The molecular weight excluding hydrogens is 419 g/mol. The van der Waals surface area contributed by atoms with Crippen molar-refractivity contribution in [1.82, 2.24) is 9.55 Å². The maximum absolute atomic E-state index is 13.5. The molecular formula is C21H20ClF3N3O2+. The number of halogens is 4. The zero-order chi connectivity index (χ0) is 22.1. The van der Waals surface area contributed by atoms with Gasteiger partial charge in [-0.25, -0.2) is 9.78 Å². The van der Waals surface area contributed by atoms with Crippen molar-refractivity contribution in [3.8, 4) is 5.88 Å². The van der Waals surface area contributed by atoms with Crippen LogP contribution in [0.1, 0.15) is 29.4 Å². The average molecular weight is 439 g/mol. The molecule has 0 saturated carbocycles. The van der Waals surface area contributed by atoms with Gasteiger partial charge in [-0.15, -0.1) is 0 Å². The molecule has 0 spiro atoms. The van der Waals surface area contributed by atoms with Crippen LogP contribution in [0.3, 0.4) is 0 Å². The third-order valence-electron chi connectivity index (χ3n) is 4.91. The zero-order valence-corrected chi connectivity index (χ0v) is 17.0. The molecule has 0 bridgehead atoms. The second-order valence-corrected chi connectivity index (χ2v) is 7.09. The van der Waals surface area contributed by atoms with E-state index in [4.69, 9.17) is 16.3 Å². The Kier molecular flexibility index (Phi) is 6.17. The molecule has 0 amide bonds. The van der Waals surface area contributed by atoms with Crippen LogP contribution in [-0.2, 0) is 13.0 Å². The first-order valence-electron chi connectivity index (χ1n) is 9.10. The lowest BCUT2D eigenvalue weighted by atomic mass is 10.1. The Morgan fingerprint density at radius 1 is 1.43 bits per heavy atom. The van der Waals surface area contributed by atoms with Gasteiger partial charge in [0.2, 0.25) is 0 Å². The Balaban J connectivity index is 2.36. The van der Waals surface area contributed by atoms with Crippen LogP contribution in [0.2, 0.25) is 5.15 Å². The summed E-state index contributed by atoms with van der Waals surface area (Å²) in [5.74, 6) is 0.0753. The molecule has 0 N–H and O–H groups in total. The molecule has 0 saturated heterocycles. The SMILES string of the molecule is C=C/C=C(\C=C)c1c(OC)[n+](CC(F)(F)F)c2n(c1=O)C(c1ccc(Cl)nc1)CC2. The van der Waals surface area contributed by atoms with Crippen LogP contribution in [0.4, 0.5) is 13.2 Å². The first-order chi connectivity index (χ1) is 14.2. The van der Waals surface area contributed by atoms with Gasteiger partial charge in [0.05, 0.1) is 13.5 Å². The molecule has 3 rings (SSSR count). The minimum atomic E-state index is -4.51. The highest BCUT2D eigenvalue weighted by molar-refractivity contribution is 6.29. The first kappa shape index (κ1) is 21.8. The standard InChI is InChI=1S/C21H20ClF3N3O2/c1-4-6-13(5-2)18-19(29)28-15(14-7-9-16(22)26-11-14)8-10-17(28)27(20(18)30-3)12-21(23,24)25/h4-7,9,11,15H,1-2,8,10,12H2,3H3/q+1/b13-6+. The summed E-state index contributed by atoms with van der Waals surface area (Å²) in [7, 11) is 1.24. The number of fused-ring (bicyclic) bond motifs is 1. The fraction of sp³-hybridized carbons (Fsp3) is 0.286. The average Bonchev–Trinajstić information content (AvgIpc) is 3.13. The van der Waals surface area contributed by atoms with E-state index in [1.807, 2.05) is 0 Å². The normalized spacial score (nSPS) is 16.3. The van der Waals surface area contributed by atoms with Crippen LogP contribution in [0.15, 0.2) is 54.5 Å². The van der Waals surface area contributed by atoms with Crippen molar-refractivity contribution in [1.29, 1.82) is 0 Å². The van der Waals surface area contributed by atoms with Gasteiger partial charge in [-0.05, 0) is 11.6 Å². The topological polar surface area (TPSA) is 48.0 Å². The van der Waals surface area contributed by atoms with Gasteiger partial charge >= 0.3 is 11.7 Å². The highest BCUT2D eigenvalue weighted by Gasteiger charge is 2.43. The Morgan fingerprint density at radius 2 is 2.17 bits per heavy atom. The molecule has 1 aliphatic rings. The van der Waals surface area contributed by atoms with Crippen molar-refractivity contribution in [3.63, 3.8) is 0 Å². The minimum absolute atomic E-state index is 0.00535. The van der Waals surface area contributed by atoms with Crippen LogP contribution in [0.5, 0.6) is 5.88 Å². The molecule has 1 atom stereocenters. The summed E-state index contributed by atoms with van der Waals surface area (Å²) in [4.78, 5) is 17.5. The fourth-order valence-electron chi connectivity index (χ4n) is 3.77. The lowest BCUT2D eigenvalue weighted by Crippen LogP contribution is -2.51. The smallest absolute Gasteiger partial charge is 0.426 e. The number of hydrogen-bond acceptors (Lipinski definition) is 3. The Hall–Kier alpha value is -2.87. The first-order valence-corrected chi connectivity index (χ1v) is 9.48. The van der Waals surface area contributed by atoms with Crippen LogP contribution in [0.25, 0.3) is 5.57 Å². The number of aromatic nitrogens is 3. The fourth-order valence-corrected chi connectivity index (χ4v) is 3.88. The third-order valence-corrected chi connectivity index (χ3v) is 5.13. The summed E-state index contributed by atoms with van der Waals surface area (Å²) in [6, 6.07) is 2.82. The minimum Gasteiger partial charge on any atom is -0.465 e. The van der Waals surface area contributed by atoms with Crippen LogP contribution >= 0.6 is 11.6 Å². The molecule has 0 fully saturated rings. The molecule has 0 aromatic carbocycles. The van der Waals surface area contributed by atoms with Gasteiger partial charge in [-0.1, -0.05) is 49.1 Å². The molecule has 1 aliphatic heterocycles. The Bertz CT molecular complexity index is 1070. The monoisotopic (exact) mass is 438 g/mol. The van der Waals surface area contributed by atoms with Gasteiger partial charge in [0, 0.05) is 18.2 Å². The van der Waals surface area contributed by atoms with Gasteiger partial charge in [0.15, 0.2) is 12.1 Å². The number of methoxy groups -OCH3 is 1. The predicted molar refractivity (Wildman–Crippen MR) is 108 cm³/mol. The number of nitrogens with zero attached hydrogens (tertiary/aromatic N) is 3. The van der Waals surface area contributed by atoms with E-state index < -0.39 is 24.3 Å². The summed E-state index contributed by atoms with van der Waals surface area (Å²) >= 11 is 5.85. The lowest BCUT2D eigenvalue weighted by Gasteiger charge is -2.17. The summed E-state index contributed by atoms with van der Waals surface area (Å²) in [5.41, 5.74) is 0.528. The number of rotatable bonds is 6. The summed E-state index contributed by atoms with van der Waals surface area (Å²) in [6.07, 6.45) is 2.05. The van der Waals surface area contributed by atoms with Gasteiger partial charge in [-0.3, -0.25) is 0 Å².